The van der Waals surface area contributed by atoms with E-state index in [4.69, 9.17) is 9.26 Å². The molecule has 0 saturated carbocycles. The van der Waals surface area contributed by atoms with Crippen LogP contribution < -0.4 is 16.0 Å². The van der Waals surface area contributed by atoms with Crippen molar-refractivity contribution in [2.45, 2.75) is 59.5 Å². The quantitative estimate of drug-likeness (QED) is 0.333. The second-order valence-electron chi connectivity index (χ2n) is 8.41. The van der Waals surface area contributed by atoms with Crippen molar-refractivity contribution < 1.29 is 14.1 Å². The maximum atomic E-state index is 11.8. The molecule has 0 aliphatic heterocycles. The molecule has 2 rings (SSSR count). The van der Waals surface area contributed by atoms with Crippen LogP contribution in [-0.4, -0.2) is 42.9 Å². The van der Waals surface area contributed by atoms with Gasteiger partial charge in [-0.3, -0.25) is 10.3 Å². The van der Waals surface area contributed by atoms with Gasteiger partial charge in [0.25, 0.3) is 0 Å². The van der Waals surface area contributed by atoms with Crippen LogP contribution in [0, 0.1) is 13.8 Å². The van der Waals surface area contributed by atoms with Gasteiger partial charge in [-0.1, -0.05) is 17.3 Å². The Morgan fingerprint density at radius 2 is 1.77 bits per heavy atom. The molecular weight excluding hydrogens is 394 g/mol. The van der Waals surface area contributed by atoms with Crippen molar-refractivity contribution in [2.75, 3.05) is 25.5 Å². The Morgan fingerprint density at radius 3 is 2.35 bits per heavy atom. The highest BCUT2D eigenvalue weighted by Crippen LogP contribution is 2.14. The average molecular weight is 430 g/mol. The topological polar surface area (TPSA) is 101 Å². The molecule has 0 atom stereocenters. The lowest BCUT2D eigenvalue weighted by molar-refractivity contribution is 0.0636. The number of aliphatic imine (C=N–C) groups is 1. The highest BCUT2D eigenvalue weighted by molar-refractivity contribution is 5.84. The fraction of sp³-hybridized carbons (Fsp3) is 0.522. The number of aromatic nitrogens is 1. The normalized spacial score (nSPS) is 11.9. The van der Waals surface area contributed by atoms with E-state index in [0.29, 0.717) is 5.69 Å². The zero-order valence-corrected chi connectivity index (χ0v) is 19.5. The van der Waals surface area contributed by atoms with E-state index in [1.54, 1.807) is 7.05 Å². The first-order valence-corrected chi connectivity index (χ1v) is 10.6. The third-order valence-corrected chi connectivity index (χ3v) is 4.61. The minimum atomic E-state index is -0.517. The molecule has 0 bridgehead atoms. The van der Waals surface area contributed by atoms with Crippen LogP contribution in [0.25, 0.3) is 0 Å². The van der Waals surface area contributed by atoms with E-state index in [0.717, 1.165) is 55.3 Å². The summed E-state index contributed by atoms with van der Waals surface area (Å²) < 4.78 is 10.5. The van der Waals surface area contributed by atoms with Gasteiger partial charge in [0.1, 0.15) is 11.4 Å². The number of hydrogen-bond acceptors (Lipinski definition) is 5. The number of hydrogen-bond donors (Lipinski definition) is 3. The first kappa shape index (κ1) is 24.2. The van der Waals surface area contributed by atoms with Crippen molar-refractivity contribution in [3.8, 4) is 0 Å². The van der Waals surface area contributed by atoms with E-state index in [1.165, 1.54) is 5.56 Å². The van der Waals surface area contributed by atoms with Crippen LogP contribution in [0.2, 0.25) is 0 Å². The largest absolute Gasteiger partial charge is 0.444 e. The van der Waals surface area contributed by atoms with Crippen molar-refractivity contribution in [1.82, 2.24) is 15.8 Å². The number of ether oxygens (including phenoxy) is 1. The van der Waals surface area contributed by atoms with Crippen LogP contribution >= 0.6 is 0 Å². The highest BCUT2D eigenvalue weighted by atomic mass is 16.6. The molecule has 0 spiro atoms. The van der Waals surface area contributed by atoms with Crippen molar-refractivity contribution in [1.29, 1.82) is 0 Å². The number of aryl methyl sites for hydroxylation is 2. The number of nitrogens with zero attached hydrogens (tertiary/aromatic N) is 2. The zero-order valence-electron chi connectivity index (χ0n) is 19.5. The predicted molar refractivity (Wildman–Crippen MR) is 124 cm³/mol. The standard InChI is InChI=1S/C23H35N5O3/c1-16-20(17(2)31-28-16)8-7-14-25-21(24-6)26-15-13-18-9-11-19(12-10-18)27-22(29)30-23(3,4)5/h9-12H,7-8,13-15H2,1-6H3,(H,27,29)(H2,24,25,26). The molecule has 8 heteroatoms. The summed E-state index contributed by atoms with van der Waals surface area (Å²) in [4.78, 5) is 16.1. The zero-order chi connectivity index (χ0) is 22.9. The summed E-state index contributed by atoms with van der Waals surface area (Å²) >= 11 is 0. The lowest BCUT2D eigenvalue weighted by Crippen LogP contribution is -2.38. The summed E-state index contributed by atoms with van der Waals surface area (Å²) in [5.41, 5.74) is 3.51. The van der Waals surface area contributed by atoms with E-state index in [2.05, 4.69) is 26.1 Å². The molecule has 170 valence electrons. The Bertz CT molecular complexity index is 847. The number of benzene rings is 1. The molecule has 2 aromatic rings. The van der Waals surface area contributed by atoms with Gasteiger partial charge in [0.15, 0.2) is 5.96 Å². The van der Waals surface area contributed by atoms with Crippen LogP contribution in [0.5, 0.6) is 0 Å². The predicted octanol–water partition coefficient (Wildman–Crippen LogP) is 3.98. The summed E-state index contributed by atoms with van der Waals surface area (Å²) in [6.07, 6.45) is 2.28. The van der Waals surface area contributed by atoms with Gasteiger partial charge >= 0.3 is 6.09 Å². The van der Waals surface area contributed by atoms with Crippen molar-refractivity contribution in [2.24, 2.45) is 4.99 Å². The molecule has 1 aromatic heterocycles. The molecule has 0 fully saturated rings. The SMILES string of the molecule is CN=C(NCCCc1c(C)noc1C)NCCc1ccc(NC(=O)OC(C)(C)C)cc1. The molecule has 0 radical (unpaired) electrons. The lowest BCUT2D eigenvalue weighted by Gasteiger charge is -2.19. The summed E-state index contributed by atoms with van der Waals surface area (Å²) in [7, 11) is 1.76. The van der Waals surface area contributed by atoms with Crippen LogP contribution in [0.1, 0.15) is 49.8 Å². The van der Waals surface area contributed by atoms with Gasteiger partial charge in [0.05, 0.1) is 5.69 Å². The molecule has 3 N–H and O–H groups in total. The van der Waals surface area contributed by atoms with Crippen LogP contribution in [-0.2, 0) is 17.6 Å². The molecule has 31 heavy (non-hydrogen) atoms. The van der Waals surface area contributed by atoms with Crippen LogP contribution in [0.3, 0.4) is 0 Å². The molecule has 1 heterocycles. The number of rotatable bonds is 8. The first-order valence-electron chi connectivity index (χ1n) is 10.6. The fourth-order valence-electron chi connectivity index (χ4n) is 3.05. The third-order valence-electron chi connectivity index (χ3n) is 4.61. The van der Waals surface area contributed by atoms with Gasteiger partial charge in [0.2, 0.25) is 0 Å². The molecule has 0 aliphatic rings. The van der Waals surface area contributed by atoms with E-state index in [-0.39, 0.29) is 0 Å². The number of carbonyl (C=O) groups excluding carboxylic acids is 1. The molecule has 0 saturated heterocycles. The minimum Gasteiger partial charge on any atom is -0.444 e. The van der Waals surface area contributed by atoms with E-state index in [9.17, 15) is 4.79 Å². The summed E-state index contributed by atoms with van der Waals surface area (Å²) in [5.74, 6) is 1.68. The molecule has 0 unspecified atom stereocenters. The maximum Gasteiger partial charge on any atom is 0.412 e. The minimum absolute atomic E-state index is 0.453. The smallest absolute Gasteiger partial charge is 0.412 e. The third kappa shape index (κ3) is 8.70. The van der Waals surface area contributed by atoms with Crippen molar-refractivity contribution in [3.05, 3.63) is 46.8 Å². The second kappa shape index (κ2) is 11.4. The van der Waals surface area contributed by atoms with E-state index >= 15 is 0 Å². The summed E-state index contributed by atoms with van der Waals surface area (Å²) in [6.45, 7) is 11.0. The number of nitrogens with one attached hydrogen (secondary N) is 3. The molecular formula is C23H35N5O3. The van der Waals surface area contributed by atoms with Crippen molar-refractivity contribution in [3.63, 3.8) is 0 Å². The number of guanidine groups is 1. The fourth-order valence-corrected chi connectivity index (χ4v) is 3.05. The Hall–Kier alpha value is -3.03. The molecule has 8 nitrogen and oxygen atoms in total. The monoisotopic (exact) mass is 429 g/mol. The summed E-state index contributed by atoms with van der Waals surface area (Å²) in [5, 5.41) is 13.4. The number of carbonyl (C=O) groups is 1. The number of anilines is 1. The lowest BCUT2D eigenvalue weighted by atomic mass is 10.1. The Labute approximate surface area is 184 Å². The van der Waals surface area contributed by atoms with Gasteiger partial charge in [-0.05, 0) is 71.6 Å². The van der Waals surface area contributed by atoms with E-state index < -0.39 is 11.7 Å². The van der Waals surface area contributed by atoms with Gasteiger partial charge in [-0.15, -0.1) is 0 Å². The molecule has 0 aliphatic carbocycles. The maximum absolute atomic E-state index is 11.8. The van der Waals surface area contributed by atoms with Crippen LogP contribution in [0.4, 0.5) is 10.5 Å². The Kier molecular flexibility index (Phi) is 8.90. The highest BCUT2D eigenvalue weighted by Gasteiger charge is 2.16. The van der Waals surface area contributed by atoms with Gasteiger partial charge in [0, 0.05) is 31.4 Å². The van der Waals surface area contributed by atoms with E-state index in [1.807, 2.05) is 58.9 Å². The summed E-state index contributed by atoms with van der Waals surface area (Å²) in [6, 6.07) is 7.74. The number of amides is 1. The Balaban J connectivity index is 1.68. The first-order chi connectivity index (χ1) is 14.7. The molecule has 1 aromatic carbocycles. The average Bonchev–Trinajstić information content (AvgIpc) is 3.01. The van der Waals surface area contributed by atoms with Gasteiger partial charge < -0.3 is 19.9 Å². The molecule has 1 amide bonds. The van der Waals surface area contributed by atoms with Gasteiger partial charge in [-0.2, -0.15) is 0 Å². The van der Waals surface area contributed by atoms with Crippen molar-refractivity contribution >= 4 is 17.7 Å². The second-order valence-corrected chi connectivity index (χ2v) is 8.41. The van der Waals surface area contributed by atoms with Crippen LogP contribution in [0.15, 0.2) is 33.8 Å². The van der Waals surface area contributed by atoms with Gasteiger partial charge in [-0.25, -0.2) is 4.79 Å². The Morgan fingerprint density at radius 1 is 1.10 bits per heavy atom.